The number of aromatic nitrogens is 2. The fraction of sp³-hybridized carbons (Fsp3) is 0.385. The molecule has 3 aromatic rings. The normalized spacial score (nSPS) is 15.2. The number of aliphatic hydroxyl groups excluding tert-OH is 1. The summed E-state index contributed by atoms with van der Waals surface area (Å²) in [4.78, 5) is 12.1. The average Bonchev–Trinajstić information content (AvgIpc) is 2.88. The lowest BCUT2D eigenvalue weighted by Gasteiger charge is -2.32. The maximum atomic E-state index is 9.96. The number of ether oxygens (including phenoxy) is 1. The van der Waals surface area contributed by atoms with Crippen LogP contribution in [-0.2, 0) is 0 Å². The quantitative estimate of drug-likeness (QED) is 0.465. The number of hydrogen-bond acceptors (Lipinski definition) is 7. The third-order valence-corrected chi connectivity index (χ3v) is 5.97. The van der Waals surface area contributed by atoms with Crippen molar-refractivity contribution in [3.63, 3.8) is 0 Å². The second-order valence-electron chi connectivity index (χ2n) is 8.44. The van der Waals surface area contributed by atoms with Crippen LogP contribution in [0.3, 0.4) is 0 Å². The number of nitrogens with zero attached hydrogens (tertiary/aromatic N) is 3. The van der Waals surface area contributed by atoms with Crippen LogP contribution in [0.1, 0.15) is 12.8 Å². The Morgan fingerprint density at radius 1 is 1.06 bits per heavy atom. The highest BCUT2D eigenvalue weighted by Crippen LogP contribution is 2.29. The Bertz CT molecular complexity index is 1020. The SMILES string of the molecule is CNCC(O)COc1cccc(-c2nc(-c3ccccc3)cc(N(C)C3CCNCC3)n2)c1. The molecule has 0 bridgehead atoms. The zero-order valence-corrected chi connectivity index (χ0v) is 19.4. The standard InChI is InChI=1S/C26H33N5O2/c1-27-17-22(32)18-33-23-10-6-9-20(15-23)26-29-24(19-7-4-3-5-8-19)16-25(30-26)31(2)21-11-13-28-14-12-21/h3-10,15-16,21-22,27-28,32H,11-14,17-18H2,1-2H3. The van der Waals surface area contributed by atoms with Crippen molar-refractivity contribution in [2.75, 3.05) is 45.2 Å². The minimum absolute atomic E-state index is 0.221. The highest BCUT2D eigenvalue weighted by Gasteiger charge is 2.21. The average molecular weight is 448 g/mol. The van der Waals surface area contributed by atoms with Gasteiger partial charge in [0, 0.05) is 36.8 Å². The van der Waals surface area contributed by atoms with E-state index in [9.17, 15) is 5.11 Å². The first kappa shape index (κ1) is 23.2. The van der Waals surface area contributed by atoms with Crippen molar-refractivity contribution < 1.29 is 9.84 Å². The summed E-state index contributed by atoms with van der Waals surface area (Å²) >= 11 is 0. The second kappa shape index (κ2) is 11.2. The number of rotatable bonds is 9. The van der Waals surface area contributed by atoms with Crippen LogP contribution in [0.25, 0.3) is 22.6 Å². The minimum atomic E-state index is -0.568. The molecule has 1 fully saturated rings. The van der Waals surface area contributed by atoms with E-state index >= 15 is 0 Å². The van der Waals surface area contributed by atoms with Crippen molar-refractivity contribution in [2.45, 2.75) is 25.0 Å². The predicted molar refractivity (Wildman–Crippen MR) is 133 cm³/mol. The molecule has 3 N–H and O–H groups in total. The van der Waals surface area contributed by atoms with Crippen LogP contribution in [0, 0.1) is 0 Å². The van der Waals surface area contributed by atoms with Gasteiger partial charge in [-0.3, -0.25) is 0 Å². The Morgan fingerprint density at radius 2 is 1.82 bits per heavy atom. The van der Waals surface area contributed by atoms with E-state index in [2.05, 4.69) is 40.8 Å². The summed E-state index contributed by atoms with van der Waals surface area (Å²) in [5, 5.41) is 16.3. The van der Waals surface area contributed by atoms with Gasteiger partial charge in [0.05, 0.1) is 5.69 Å². The monoisotopic (exact) mass is 447 g/mol. The number of hydrogen-bond donors (Lipinski definition) is 3. The van der Waals surface area contributed by atoms with Crippen molar-refractivity contribution >= 4 is 5.82 Å². The van der Waals surface area contributed by atoms with Gasteiger partial charge in [0.25, 0.3) is 0 Å². The topological polar surface area (TPSA) is 82.5 Å². The third kappa shape index (κ3) is 6.07. The predicted octanol–water partition coefficient (Wildman–Crippen LogP) is 2.96. The number of anilines is 1. The Kier molecular flexibility index (Phi) is 7.88. The molecule has 1 aromatic heterocycles. The number of benzene rings is 2. The summed E-state index contributed by atoms with van der Waals surface area (Å²) < 4.78 is 5.81. The molecule has 1 aliphatic heterocycles. The van der Waals surface area contributed by atoms with Crippen molar-refractivity contribution in [2.24, 2.45) is 0 Å². The highest BCUT2D eigenvalue weighted by atomic mass is 16.5. The Hall–Kier alpha value is -3.00. The van der Waals surface area contributed by atoms with Crippen molar-refractivity contribution in [3.05, 3.63) is 60.7 Å². The molecular formula is C26H33N5O2. The molecule has 7 nitrogen and oxygen atoms in total. The van der Waals surface area contributed by atoms with Crippen LogP contribution >= 0.6 is 0 Å². The number of piperidine rings is 1. The molecule has 1 unspecified atom stereocenters. The van der Waals surface area contributed by atoms with Gasteiger partial charge >= 0.3 is 0 Å². The van der Waals surface area contributed by atoms with Gasteiger partial charge < -0.3 is 25.4 Å². The molecule has 2 aromatic carbocycles. The summed E-state index contributed by atoms with van der Waals surface area (Å²) in [6, 6.07) is 20.5. The number of likely N-dealkylation sites (N-methyl/N-ethyl adjacent to an activating group) is 1. The highest BCUT2D eigenvalue weighted by molar-refractivity contribution is 5.68. The van der Waals surface area contributed by atoms with E-state index in [1.807, 2.05) is 42.5 Å². The van der Waals surface area contributed by atoms with Crippen molar-refractivity contribution in [1.29, 1.82) is 0 Å². The zero-order valence-electron chi connectivity index (χ0n) is 19.4. The Labute approximate surface area is 195 Å². The number of nitrogens with one attached hydrogen (secondary N) is 2. The molecule has 1 aliphatic rings. The smallest absolute Gasteiger partial charge is 0.162 e. The van der Waals surface area contributed by atoms with E-state index in [1.54, 1.807) is 7.05 Å². The van der Waals surface area contributed by atoms with Crippen LogP contribution in [0.15, 0.2) is 60.7 Å². The number of aliphatic hydroxyl groups is 1. The molecule has 2 heterocycles. The van der Waals surface area contributed by atoms with Gasteiger partial charge in [0.1, 0.15) is 24.3 Å². The molecule has 1 atom stereocenters. The fourth-order valence-electron chi connectivity index (χ4n) is 4.09. The first-order valence-electron chi connectivity index (χ1n) is 11.6. The lowest BCUT2D eigenvalue weighted by molar-refractivity contribution is 0.108. The first-order chi connectivity index (χ1) is 16.1. The van der Waals surface area contributed by atoms with Crippen molar-refractivity contribution in [1.82, 2.24) is 20.6 Å². The van der Waals surface area contributed by atoms with Crippen LogP contribution < -0.4 is 20.3 Å². The van der Waals surface area contributed by atoms with E-state index < -0.39 is 6.10 Å². The van der Waals surface area contributed by atoms with E-state index in [1.165, 1.54) is 0 Å². The third-order valence-electron chi connectivity index (χ3n) is 5.97. The Morgan fingerprint density at radius 3 is 2.58 bits per heavy atom. The van der Waals surface area contributed by atoms with Gasteiger partial charge in [0.2, 0.25) is 0 Å². The second-order valence-corrected chi connectivity index (χ2v) is 8.44. The summed E-state index contributed by atoms with van der Waals surface area (Å²) in [6.07, 6.45) is 1.62. The van der Waals surface area contributed by atoms with Gasteiger partial charge in [-0.1, -0.05) is 42.5 Å². The molecule has 7 heteroatoms. The van der Waals surface area contributed by atoms with E-state index in [0.29, 0.717) is 24.2 Å². The molecule has 0 spiro atoms. The summed E-state index contributed by atoms with van der Waals surface area (Å²) in [5.74, 6) is 2.26. The van der Waals surface area contributed by atoms with Crippen molar-refractivity contribution in [3.8, 4) is 28.4 Å². The maximum absolute atomic E-state index is 9.96. The Balaban J connectivity index is 1.66. The first-order valence-corrected chi connectivity index (χ1v) is 11.6. The van der Waals surface area contributed by atoms with Gasteiger partial charge in [-0.25, -0.2) is 9.97 Å². The van der Waals surface area contributed by atoms with Crippen LogP contribution in [0.5, 0.6) is 5.75 Å². The maximum Gasteiger partial charge on any atom is 0.162 e. The van der Waals surface area contributed by atoms with E-state index in [-0.39, 0.29) is 6.61 Å². The summed E-state index contributed by atoms with van der Waals surface area (Å²) in [5.41, 5.74) is 2.84. The van der Waals surface area contributed by atoms with Crippen LogP contribution in [0.2, 0.25) is 0 Å². The molecule has 0 radical (unpaired) electrons. The fourth-order valence-corrected chi connectivity index (χ4v) is 4.09. The molecule has 4 rings (SSSR count). The van der Waals surface area contributed by atoms with Crippen LogP contribution in [-0.4, -0.2) is 67.6 Å². The summed E-state index contributed by atoms with van der Waals surface area (Å²) in [7, 11) is 3.93. The van der Waals surface area contributed by atoms with Gasteiger partial charge in [-0.2, -0.15) is 0 Å². The van der Waals surface area contributed by atoms with E-state index in [0.717, 1.165) is 48.6 Å². The van der Waals surface area contributed by atoms with E-state index in [4.69, 9.17) is 14.7 Å². The minimum Gasteiger partial charge on any atom is -0.491 e. The molecule has 174 valence electrons. The lowest BCUT2D eigenvalue weighted by atomic mass is 10.0. The van der Waals surface area contributed by atoms with Gasteiger partial charge in [-0.15, -0.1) is 0 Å². The van der Waals surface area contributed by atoms with Crippen LogP contribution in [0.4, 0.5) is 5.82 Å². The molecule has 0 saturated carbocycles. The zero-order chi connectivity index (χ0) is 23.0. The lowest BCUT2D eigenvalue weighted by Crippen LogP contribution is -2.41. The molecule has 33 heavy (non-hydrogen) atoms. The summed E-state index contributed by atoms with van der Waals surface area (Å²) in [6.45, 7) is 2.75. The van der Waals surface area contributed by atoms with Gasteiger partial charge in [0.15, 0.2) is 5.82 Å². The molecule has 0 amide bonds. The molecular weight excluding hydrogens is 414 g/mol. The largest absolute Gasteiger partial charge is 0.491 e. The molecule has 0 aliphatic carbocycles. The molecule has 1 saturated heterocycles. The van der Waals surface area contributed by atoms with Gasteiger partial charge in [-0.05, 0) is 45.1 Å².